The van der Waals surface area contributed by atoms with Crippen molar-refractivity contribution < 1.29 is 0 Å². The number of allylic oxidation sites excluding steroid dienone is 5. The van der Waals surface area contributed by atoms with Crippen molar-refractivity contribution in [3.8, 4) is 0 Å². The summed E-state index contributed by atoms with van der Waals surface area (Å²) in [7, 11) is 0. The first-order valence-corrected chi connectivity index (χ1v) is 9.38. The molecular weight excluding hydrogens is 300 g/mol. The number of hydrogen-bond acceptors (Lipinski definition) is 0. The van der Waals surface area contributed by atoms with Crippen molar-refractivity contribution in [1.29, 1.82) is 0 Å². The van der Waals surface area contributed by atoms with Crippen molar-refractivity contribution in [3.63, 3.8) is 0 Å². The van der Waals surface area contributed by atoms with Gasteiger partial charge in [-0.15, -0.1) is 0 Å². The van der Waals surface area contributed by atoms with E-state index in [9.17, 15) is 0 Å². The van der Waals surface area contributed by atoms with Crippen molar-refractivity contribution in [2.45, 2.75) is 39.0 Å². The second kappa shape index (κ2) is 5.33. The molecule has 0 aromatic heterocycles. The van der Waals surface area contributed by atoms with Crippen molar-refractivity contribution in [3.05, 3.63) is 99.7 Å². The molecule has 0 heterocycles. The van der Waals surface area contributed by atoms with Crippen LogP contribution in [-0.2, 0) is 6.42 Å². The molecule has 5 rings (SSSR count). The molecule has 0 spiro atoms. The van der Waals surface area contributed by atoms with Crippen LogP contribution in [-0.4, -0.2) is 0 Å². The normalized spacial score (nSPS) is 24.1. The van der Waals surface area contributed by atoms with Gasteiger partial charge in [0.15, 0.2) is 0 Å². The Labute approximate surface area is 150 Å². The van der Waals surface area contributed by atoms with E-state index in [0.717, 1.165) is 12.8 Å². The van der Waals surface area contributed by atoms with Gasteiger partial charge in [-0.3, -0.25) is 0 Å². The SMILES string of the molecule is C=C1C[C@@H]2CC3=C(C=C2C)Cc2ccccc2C3c2ccc(C)cc21. The molecule has 0 heteroatoms. The van der Waals surface area contributed by atoms with Crippen LogP contribution in [0, 0.1) is 12.8 Å². The van der Waals surface area contributed by atoms with Crippen LogP contribution >= 0.6 is 0 Å². The third-order valence-electron chi connectivity index (χ3n) is 6.41. The van der Waals surface area contributed by atoms with Crippen LogP contribution in [0.25, 0.3) is 5.57 Å². The van der Waals surface area contributed by atoms with E-state index in [1.54, 1.807) is 11.1 Å². The lowest BCUT2D eigenvalue weighted by Crippen LogP contribution is -2.24. The van der Waals surface area contributed by atoms with Gasteiger partial charge in [0.1, 0.15) is 0 Å². The lowest BCUT2D eigenvalue weighted by molar-refractivity contribution is 0.573. The van der Waals surface area contributed by atoms with Gasteiger partial charge in [0.05, 0.1) is 0 Å². The van der Waals surface area contributed by atoms with E-state index < -0.39 is 0 Å². The summed E-state index contributed by atoms with van der Waals surface area (Å²) in [6, 6.07) is 16.0. The zero-order valence-corrected chi connectivity index (χ0v) is 15.1. The fourth-order valence-corrected chi connectivity index (χ4v) is 5.10. The zero-order valence-electron chi connectivity index (χ0n) is 15.1. The minimum absolute atomic E-state index is 0.402. The van der Waals surface area contributed by atoms with E-state index in [4.69, 9.17) is 0 Å². The van der Waals surface area contributed by atoms with E-state index in [2.05, 4.69) is 69.0 Å². The summed E-state index contributed by atoms with van der Waals surface area (Å²) in [6.45, 7) is 9.01. The highest BCUT2D eigenvalue weighted by atomic mass is 14.4. The maximum atomic E-state index is 4.50. The van der Waals surface area contributed by atoms with Gasteiger partial charge in [0.25, 0.3) is 0 Å². The molecule has 3 aliphatic rings. The highest BCUT2D eigenvalue weighted by molar-refractivity contribution is 5.72. The smallest absolute Gasteiger partial charge is 0.0313 e. The van der Waals surface area contributed by atoms with Gasteiger partial charge in [0.2, 0.25) is 0 Å². The summed E-state index contributed by atoms with van der Waals surface area (Å²) < 4.78 is 0. The molecule has 2 aromatic rings. The molecule has 0 saturated carbocycles. The van der Waals surface area contributed by atoms with Crippen LogP contribution in [0.4, 0.5) is 0 Å². The Bertz CT molecular complexity index is 967. The fourth-order valence-electron chi connectivity index (χ4n) is 5.10. The number of hydrogen-bond donors (Lipinski definition) is 0. The molecule has 0 N–H and O–H groups in total. The van der Waals surface area contributed by atoms with Gasteiger partial charge in [-0.2, -0.15) is 0 Å². The molecule has 0 saturated heterocycles. The minimum atomic E-state index is 0.402. The van der Waals surface area contributed by atoms with Crippen LogP contribution in [0.15, 0.2) is 71.8 Å². The van der Waals surface area contributed by atoms with Gasteiger partial charge in [-0.05, 0) is 72.4 Å². The Morgan fingerprint density at radius 2 is 1.80 bits per heavy atom. The average Bonchev–Trinajstić information content (AvgIpc) is 2.59. The van der Waals surface area contributed by atoms with Crippen molar-refractivity contribution >= 4 is 5.57 Å². The fraction of sp³-hybridized carbons (Fsp3) is 0.280. The minimum Gasteiger partial charge on any atom is -0.0952 e. The van der Waals surface area contributed by atoms with Crippen LogP contribution in [0.3, 0.4) is 0 Å². The standard InChI is InChI=1S/C25H24/c1-15-8-9-22-23(10-15)17(3)12-19-14-24-20(11-16(19)2)13-18-6-4-5-7-21(18)25(22)24/h4-11,19,25H,3,12-14H2,1-2H3/t19-,25?/m1/s1. The summed E-state index contributed by atoms with van der Waals surface area (Å²) in [6.07, 6.45) is 5.86. The molecule has 124 valence electrons. The third kappa shape index (κ3) is 2.20. The quantitative estimate of drug-likeness (QED) is 0.528. The molecule has 0 amide bonds. The van der Waals surface area contributed by atoms with E-state index >= 15 is 0 Å². The number of benzene rings is 2. The molecule has 0 fully saturated rings. The Morgan fingerprint density at radius 1 is 0.960 bits per heavy atom. The zero-order chi connectivity index (χ0) is 17.1. The maximum Gasteiger partial charge on any atom is 0.0313 e. The second-order valence-electron chi connectivity index (χ2n) is 8.05. The lowest BCUT2D eigenvalue weighted by Gasteiger charge is -2.39. The topological polar surface area (TPSA) is 0 Å². The molecule has 2 aromatic carbocycles. The Kier molecular flexibility index (Phi) is 3.19. The van der Waals surface area contributed by atoms with Crippen LogP contribution < -0.4 is 0 Å². The van der Waals surface area contributed by atoms with E-state index in [-0.39, 0.29) is 0 Å². The Balaban J connectivity index is 1.84. The summed E-state index contributed by atoms with van der Waals surface area (Å²) in [5.74, 6) is 1.02. The molecule has 25 heavy (non-hydrogen) atoms. The monoisotopic (exact) mass is 324 g/mol. The maximum absolute atomic E-state index is 4.50. The van der Waals surface area contributed by atoms with E-state index in [0.29, 0.717) is 11.8 Å². The average molecular weight is 324 g/mol. The van der Waals surface area contributed by atoms with Gasteiger partial charge >= 0.3 is 0 Å². The van der Waals surface area contributed by atoms with Crippen LogP contribution in [0.1, 0.15) is 53.5 Å². The number of fused-ring (bicyclic) bond motifs is 5. The molecule has 3 aliphatic carbocycles. The summed E-state index contributed by atoms with van der Waals surface area (Å²) >= 11 is 0. The first-order chi connectivity index (χ1) is 12.1. The van der Waals surface area contributed by atoms with E-state index in [1.807, 2.05) is 0 Å². The highest BCUT2D eigenvalue weighted by Gasteiger charge is 2.36. The Morgan fingerprint density at radius 3 is 2.68 bits per heavy atom. The molecule has 1 unspecified atom stereocenters. The largest absolute Gasteiger partial charge is 0.0952 e. The molecule has 0 aliphatic heterocycles. The lowest BCUT2D eigenvalue weighted by atomic mass is 9.65. The van der Waals surface area contributed by atoms with Gasteiger partial charge in [0, 0.05) is 5.92 Å². The molecule has 0 nitrogen and oxygen atoms in total. The van der Waals surface area contributed by atoms with E-state index in [1.165, 1.54) is 45.4 Å². The molecular formula is C25H24. The predicted molar refractivity (Wildman–Crippen MR) is 106 cm³/mol. The van der Waals surface area contributed by atoms with Crippen LogP contribution in [0.5, 0.6) is 0 Å². The van der Waals surface area contributed by atoms with Gasteiger partial charge < -0.3 is 0 Å². The first-order valence-electron chi connectivity index (χ1n) is 9.38. The summed E-state index contributed by atoms with van der Waals surface area (Å²) in [4.78, 5) is 0. The van der Waals surface area contributed by atoms with Crippen molar-refractivity contribution in [2.24, 2.45) is 5.92 Å². The van der Waals surface area contributed by atoms with Crippen LogP contribution in [0.2, 0.25) is 0 Å². The Hall–Kier alpha value is -2.34. The number of aryl methyl sites for hydroxylation is 1. The van der Waals surface area contributed by atoms with Gasteiger partial charge in [-0.1, -0.05) is 71.8 Å². The van der Waals surface area contributed by atoms with Crippen molar-refractivity contribution in [2.75, 3.05) is 0 Å². The van der Waals surface area contributed by atoms with Gasteiger partial charge in [-0.25, -0.2) is 0 Å². The summed E-state index contributed by atoms with van der Waals surface area (Å²) in [5, 5.41) is 0. The first kappa shape index (κ1) is 15.0. The summed E-state index contributed by atoms with van der Waals surface area (Å²) in [5.41, 5.74) is 13.2. The molecule has 2 atom stereocenters. The predicted octanol–water partition coefficient (Wildman–Crippen LogP) is 6.36. The molecule has 2 bridgehead atoms. The highest BCUT2D eigenvalue weighted by Crippen LogP contribution is 2.51. The van der Waals surface area contributed by atoms with Crippen molar-refractivity contribution in [1.82, 2.24) is 0 Å². The number of rotatable bonds is 0. The third-order valence-corrected chi connectivity index (χ3v) is 6.41. The molecule has 0 radical (unpaired) electrons. The second-order valence-corrected chi connectivity index (χ2v) is 8.05.